The Hall–Kier alpha value is -0.190. The molecule has 1 unspecified atom stereocenters. The van der Waals surface area contributed by atoms with E-state index in [9.17, 15) is 0 Å². The first-order chi connectivity index (χ1) is 8.13. The summed E-state index contributed by atoms with van der Waals surface area (Å²) in [6, 6.07) is 0.759. The van der Waals surface area contributed by atoms with Crippen LogP contribution in [0.25, 0.3) is 0 Å². The van der Waals surface area contributed by atoms with Gasteiger partial charge in [-0.05, 0) is 45.8 Å². The maximum absolute atomic E-state index is 5.64. The van der Waals surface area contributed by atoms with Gasteiger partial charge in [0.2, 0.25) is 0 Å². The van der Waals surface area contributed by atoms with Gasteiger partial charge in [-0.3, -0.25) is 4.90 Å². The van der Waals surface area contributed by atoms with E-state index in [4.69, 9.17) is 18.0 Å². The lowest BCUT2D eigenvalue weighted by atomic mass is 10.00. The van der Waals surface area contributed by atoms with Crippen molar-refractivity contribution in [1.29, 1.82) is 0 Å². The van der Waals surface area contributed by atoms with Crippen LogP contribution in [-0.2, 0) is 0 Å². The maximum atomic E-state index is 5.64. The lowest BCUT2D eigenvalue weighted by Crippen LogP contribution is -2.40. The molecule has 1 aliphatic rings. The Morgan fingerprint density at radius 2 is 2.18 bits per heavy atom. The molecule has 0 aromatic rings. The molecule has 100 valence electrons. The van der Waals surface area contributed by atoms with E-state index in [1.807, 2.05) is 0 Å². The Bertz CT molecular complexity index is 233. The Kier molecular flexibility index (Phi) is 7.00. The van der Waals surface area contributed by atoms with Gasteiger partial charge in [0, 0.05) is 19.1 Å². The van der Waals surface area contributed by atoms with Gasteiger partial charge in [-0.2, -0.15) is 0 Å². The second kappa shape index (κ2) is 8.01. The first kappa shape index (κ1) is 14.9. The fourth-order valence-corrected chi connectivity index (χ4v) is 2.83. The molecule has 0 saturated carbocycles. The van der Waals surface area contributed by atoms with Gasteiger partial charge in [0.25, 0.3) is 0 Å². The number of rotatable bonds is 7. The van der Waals surface area contributed by atoms with Crippen molar-refractivity contribution in [3.63, 3.8) is 0 Å². The van der Waals surface area contributed by atoms with Gasteiger partial charge >= 0.3 is 0 Å². The second-order valence-corrected chi connectivity index (χ2v) is 5.69. The third kappa shape index (κ3) is 5.80. The normalized spacial score (nSPS) is 21.9. The van der Waals surface area contributed by atoms with Gasteiger partial charge in [-0.25, -0.2) is 0 Å². The van der Waals surface area contributed by atoms with Crippen LogP contribution in [0.1, 0.15) is 39.0 Å². The van der Waals surface area contributed by atoms with Crippen LogP contribution in [-0.4, -0.2) is 54.1 Å². The minimum Gasteiger partial charge on any atom is -0.392 e. The first-order valence-corrected chi connectivity index (χ1v) is 7.25. The molecule has 1 rings (SSSR count). The van der Waals surface area contributed by atoms with E-state index in [2.05, 4.69) is 23.8 Å². The average Bonchev–Trinajstić information content (AvgIpc) is 2.27. The number of hydrogen-bond acceptors (Lipinski definition) is 3. The minimum absolute atomic E-state index is 0.621. The van der Waals surface area contributed by atoms with Crippen molar-refractivity contribution in [2.24, 2.45) is 5.73 Å². The quantitative estimate of drug-likeness (QED) is 0.706. The van der Waals surface area contributed by atoms with E-state index in [-0.39, 0.29) is 0 Å². The summed E-state index contributed by atoms with van der Waals surface area (Å²) in [6.07, 6.45) is 6.52. The van der Waals surface area contributed by atoms with Crippen molar-refractivity contribution in [2.75, 3.05) is 33.2 Å². The summed E-state index contributed by atoms with van der Waals surface area (Å²) in [6.45, 7) is 6.47. The predicted molar refractivity (Wildman–Crippen MR) is 78.4 cm³/mol. The van der Waals surface area contributed by atoms with Crippen molar-refractivity contribution in [3.8, 4) is 0 Å². The lowest BCUT2D eigenvalue weighted by molar-refractivity contribution is 0.158. The molecule has 0 amide bonds. The SMILES string of the molecule is CCCN(CCC1CCCCN1C)CC(N)=S. The van der Waals surface area contributed by atoms with Crippen LogP contribution < -0.4 is 5.73 Å². The van der Waals surface area contributed by atoms with Gasteiger partial charge in [-0.1, -0.05) is 25.6 Å². The van der Waals surface area contributed by atoms with Gasteiger partial charge in [0.15, 0.2) is 0 Å². The molecule has 0 aliphatic carbocycles. The summed E-state index contributed by atoms with van der Waals surface area (Å²) in [5.41, 5.74) is 5.64. The number of thiocarbonyl (C=S) groups is 1. The van der Waals surface area contributed by atoms with E-state index < -0.39 is 0 Å². The van der Waals surface area contributed by atoms with E-state index in [0.717, 1.165) is 25.7 Å². The van der Waals surface area contributed by atoms with Crippen LogP contribution in [0.2, 0.25) is 0 Å². The largest absolute Gasteiger partial charge is 0.392 e. The Balaban J connectivity index is 2.31. The van der Waals surface area contributed by atoms with E-state index in [1.165, 1.54) is 38.6 Å². The summed E-state index contributed by atoms with van der Waals surface area (Å²) in [7, 11) is 2.25. The summed E-state index contributed by atoms with van der Waals surface area (Å²) >= 11 is 5.01. The van der Waals surface area contributed by atoms with Gasteiger partial charge in [0.05, 0.1) is 4.99 Å². The molecule has 4 heteroatoms. The zero-order valence-corrected chi connectivity index (χ0v) is 12.1. The monoisotopic (exact) mass is 257 g/mol. The molecule has 1 aliphatic heterocycles. The van der Waals surface area contributed by atoms with Crippen LogP contribution >= 0.6 is 12.2 Å². The molecule has 3 nitrogen and oxygen atoms in total. The van der Waals surface area contributed by atoms with Gasteiger partial charge in [0.1, 0.15) is 0 Å². The highest BCUT2D eigenvalue weighted by molar-refractivity contribution is 7.80. The van der Waals surface area contributed by atoms with E-state index >= 15 is 0 Å². The molecule has 2 N–H and O–H groups in total. The smallest absolute Gasteiger partial charge is 0.0870 e. The van der Waals surface area contributed by atoms with Crippen molar-refractivity contribution in [2.45, 2.75) is 45.1 Å². The summed E-state index contributed by atoms with van der Waals surface area (Å²) < 4.78 is 0. The molecule has 1 heterocycles. The summed E-state index contributed by atoms with van der Waals surface area (Å²) in [5.74, 6) is 0. The number of nitrogens with zero attached hydrogens (tertiary/aromatic N) is 2. The standard InChI is InChI=1S/C13H27N3S/c1-3-8-16(11-13(14)17)10-7-12-6-4-5-9-15(12)2/h12H,3-11H2,1-2H3,(H2,14,17). The number of likely N-dealkylation sites (tertiary alicyclic amines) is 1. The van der Waals surface area contributed by atoms with E-state index in [0.29, 0.717) is 4.99 Å². The molecule has 17 heavy (non-hydrogen) atoms. The topological polar surface area (TPSA) is 32.5 Å². The van der Waals surface area contributed by atoms with Crippen LogP contribution in [0.3, 0.4) is 0 Å². The van der Waals surface area contributed by atoms with Crippen LogP contribution in [0.5, 0.6) is 0 Å². The molecule has 1 fully saturated rings. The highest BCUT2D eigenvalue weighted by atomic mass is 32.1. The second-order valence-electron chi connectivity index (χ2n) is 5.16. The van der Waals surface area contributed by atoms with Crippen molar-refractivity contribution < 1.29 is 0 Å². The summed E-state index contributed by atoms with van der Waals surface area (Å²) in [4.78, 5) is 5.52. The van der Waals surface area contributed by atoms with Crippen molar-refractivity contribution in [3.05, 3.63) is 0 Å². The van der Waals surface area contributed by atoms with Crippen LogP contribution in [0.4, 0.5) is 0 Å². The predicted octanol–water partition coefficient (Wildman–Crippen LogP) is 1.86. The average molecular weight is 257 g/mol. The zero-order chi connectivity index (χ0) is 12.7. The maximum Gasteiger partial charge on any atom is 0.0870 e. The van der Waals surface area contributed by atoms with Crippen LogP contribution in [0, 0.1) is 0 Å². The van der Waals surface area contributed by atoms with Crippen molar-refractivity contribution >= 4 is 17.2 Å². The zero-order valence-electron chi connectivity index (χ0n) is 11.3. The fraction of sp³-hybridized carbons (Fsp3) is 0.923. The number of piperidine rings is 1. The van der Waals surface area contributed by atoms with Crippen molar-refractivity contribution in [1.82, 2.24) is 9.80 Å². The molecule has 0 radical (unpaired) electrons. The molecule has 1 saturated heterocycles. The third-order valence-electron chi connectivity index (χ3n) is 3.62. The molecule has 0 aromatic heterocycles. The Labute approximate surface area is 111 Å². The Morgan fingerprint density at radius 1 is 1.41 bits per heavy atom. The molecular weight excluding hydrogens is 230 g/mol. The minimum atomic E-state index is 0.621. The molecular formula is C13H27N3S. The molecule has 0 spiro atoms. The number of hydrogen-bond donors (Lipinski definition) is 1. The van der Waals surface area contributed by atoms with E-state index in [1.54, 1.807) is 0 Å². The van der Waals surface area contributed by atoms with Gasteiger partial charge in [-0.15, -0.1) is 0 Å². The molecule has 0 bridgehead atoms. The molecule has 0 aromatic carbocycles. The van der Waals surface area contributed by atoms with Crippen LogP contribution in [0.15, 0.2) is 0 Å². The Morgan fingerprint density at radius 3 is 2.76 bits per heavy atom. The molecule has 1 atom stereocenters. The van der Waals surface area contributed by atoms with Gasteiger partial charge < -0.3 is 10.6 Å². The summed E-state index contributed by atoms with van der Waals surface area (Å²) in [5, 5.41) is 0. The highest BCUT2D eigenvalue weighted by Crippen LogP contribution is 2.18. The fourth-order valence-electron chi connectivity index (χ4n) is 2.65. The number of nitrogens with two attached hydrogens (primary N) is 1. The first-order valence-electron chi connectivity index (χ1n) is 6.84. The highest BCUT2D eigenvalue weighted by Gasteiger charge is 2.19. The third-order valence-corrected chi connectivity index (χ3v) is 3.75. The lowest BCUT2D eigenvalue weighted by Gasteiger charge is -2.34.